The summed E-state index contributed by atoms with van der Waals surface area (Å²) >= 11 is 0. The first-order valence-electron chi connectivity index (χ1n) is 4.54. The molecule has 0 aliphatic heterocycles. The average molecular weight is 222 g/mol. The Morgan fingerprint density at radius 3 is 2.94 bits per heavy atom. The summed E-state index contributed by atoms with van der Waals surface area (Å²) in [7, 11) is 0. The van der Waals surface area contributed by atoms with Crippen molar-refractivity contribution >= 4 is 11.6 Å². The van der Waals surface area contributed by atoms with Gasteiger partial charge in [0.2, 0.25) is 0 Å². The normalized spacial score (nSPS) is 14.9. The van der Waals surface area contributed by atoms with Crippen molar-refractivity contribution in [2.24, 2.45) is 5.73 Å². The third-order valence-corrected chi connectivity index (χ3v) is 2.27. The lowest BCUT2D eigenvalue weighted by Crippen LogP contribution is -2.37. The fourth-order valence-corrected chi connectivity index (χ4v) is 1.40. The van der Waals surface area contributed by atoms with Gasteiger partial charge in [0.05, 0.1) is 18.1 Å². The van der Waals surface area contributed by atoms with E-state index in [0.29, 0.717) is 11.3 Å². The zero-order chi connectivity index (χ0) is 11.7. The fraction of sp³-hybridized carbons (Fsp3) is 0.222. The fourth-order valence-electron chi connectivity index (χ4n) is 1.40. The molecule has 4 N–H and O–H groups in total. The van der Waals surface area contributed by atoms with Gasteiger partial charge < -0.3 is 15.9 Å². The van der Waals surface area contributed by atoms with Crippen molar-refractivity contribution in [3.8, 4) is 0 Å². The number of carbonyl (C=O) groups is 1. The number of aromatic nitrogens is 3. The number of aliphatic hydroxyl groups excluding tert-OH is 1. The van der Waals surface area contributed by atoms with Crippen molar-refractivity contribution in [1.82, 2.24) is 14.4 Å². The minimum atomic E-state index is -1.38. The number of carboxylic acids is 1. The highest BCUT2D eigenvalue weighted by Crippen LogP contribution is 2.16. The van der Waals surface area contributed by atoms with E-state index in [1.807, 2.05) is 0 Å². The largest absolute Gasteiger partial charge is 0.480 e. The molecule has 2 unspecified atom stereocenters. The zero-order valence-electron chi connectivity index (χ0n) is 8.19. The number of aliphatic hydroxyl groups is 1. The summed E-state index contributed by atoms with van der Waals surface area (Å²) in [6.45, 7) is 0. The molecular formula is C9H10N4O3. The number of nitrogens with two attached hydrogens (primary N) is 1. The molecule has 16 heavy (non-hydrogen) atoms. The molecule has 0 bridgehead atoms. The van der Waals surface area contributed by atoms with Gasteiger partial charge >= 0.3 is 5.97 Å². The second-order valence-corrected chi connectivity index (χ2v) is 3.30. The molecule has 0 amide bonds. The lowest BCUT2D eigenvalue weighted by Gasteiger charge is -2.14. The Balaban J connectivity index is 2.44. The average Bonchev–Trinajstić information content (AvgIpc) is 2.70. The number of carboxylic acid groups (broad SMARTS) is 1. The van der Waals surface area contributed by atoms with Crippen molar-refractivity contribution in [3.05, 3.63) is 30.5 Å². The van der Waals surface area contributed by atoms with E-state index in [9.17, 15) is 9.90 Å². The highest BCUT2D eigenvalue weighted by Gasteiger charge is 2.26. The quantitative estimate of drug-likeness (QED) is 0.624. The van der Waals surface area contributed by atoms with Crippen molar-refractivity contribution in [1.29, 1.82) is 0 Å². The third kappa shape index (κ3) is 1.62. The van der Waals surface area contributed by atoms with E-state index >= 15 is 0 Å². The van der Waals surface area contributed by atoms with Crippen LogP contribution in [0, 0.1) is 0 Å². The molecule has 7 nitrogen and oxygen atoms in total. The van der Waals surface area contributed by atoms with Gasteiger partial charge in [0, 0.05) is 12.4 Å². The van der Waals surface area contributed by atoms with Gasteiger partial charge in [0.15, 0.2) is 5.65 Å². The zero-order valence-corrected chi connectivity index (χ0v) is 8.19. The molecule has 2 aromatic rings. The van der Waals surface area contributed by atoms with E-state index in [0.717, 1.165) is 0 Å². The number of nitrogens with zero attached hydrogens (tertiary/aromatic N) is 3. The van der Waals surface area contributed by atoms with Crippen molar-refractivity contribution in [3.63, 3.8) is 0 Å². The Morgan fingerprint density at radius 2 is 2.25 bits per heavy atom. The molecule has 2 atom stereocenters. The maximum atomic E-state index is 10.6. The molecule has 7 heteroatoms. The van der Waals surface area contributed by atoms with E-state index < -0.39 is 18.1 Å². The molecule has 2 aromatic heterocycles. The number of imidazole rings is 1. The van der Waals surface area contributed by atoms with Crippen LogP contribution in [0.5, 0.6) is 0 Å². The summed E-state index contributed by atoms with van der Waals surface area (Å²) in [5.74, 6) is -1.27. The Labute approximate surface area is 90.2 Å². The Bertz CT molecular complexity index is 524. The smallest absolute Gasteiger partial charge is 0.323 e. The topological polar surface area (TPSA) is 114 Å². The maximum absolute atomic E-state index is 10.6. The SMILES string of the molecule is NC(C(=O)O)C(O)c1cnc2cnccn12. The monoisotopic (exact) mass is 222 g/mol. The molecule has 0 spiro atoms. The van der Waals surface area contributed by atoms with Gasteiger partial charge in [0.1, 0.15) is 12.1 Å². The van der Waals surface area contributed by atoms with Crippen molar-refractivity contribution < 1.29 is 15.0 Å². The minimum Gasteiger partial charge on any atom is -0.480 e. The Kier molecular flexibility index (Phi) is 2.55. The van der Waals surface area contributed by atoms with Gasteiger partial charge in [0.25, 0.3) is 0 Å². The molecule has 0 saturated heterocycles. The van der Waals surface area contributed by atoms with Gasteiger partial charge in [-0.1, -0.05) is 0 Å². The van der Waals surface area contributed by atoms with Crippen LogP contribution in [-0.4, -0.2) is 36.6 Å². The van der Waals surface area contributed by atoms with Crippen LogP contribution in [0.3, 0.4) is 0 Å². The molecule has 84 valence electrons. The number of hydrogen-bond acceptors (Lipinski definition) is 5. The second-order valence-electron chi connectivity index (χ2n) is 3.30. The van der Waals surface area contributed by atoms with Crippen LogP contribution in [0.25, 0.3) is 5.65 Å². The van der Waals surface area contributed by atoms with Gasteiger partial charge in [-0.15, -0.1) is 0 Å². The predicted octanol–water partition coefficient (Wildman–Crippen LogP) is -0.825. The van der Waals surface area contributed by atoms with Crippen LogP contribution in [0.4, 0.5) is 0 Å². The van der Waals surface area contributed by atoms with Crippen LogP contribution in [0.1, 0.15) is 11.8 Å². The van der Waals surface area contributed by atoms with Crippen LogP contribution in [0.15, 0.2) is 24.8 Å². The van der Waals surface area contributed by atoms with Gasteiger partial charge in [-0.25, -0.2) is 4.98 Å². The van der Waals surface area contributed by atoms with Gasteiger partial charge in [-0.2, -0.15) is 0 Å². The maximum Gasteiger partial charge on any atom is 0.323 e. The predicted molar refractivity (Wildman–Crippen MR) is 53.6 cm³/mol. The number of aliphatic carboxylic acids is 1. The second kappa shape index (κ2) is 3.87. The summed E-state index contributed by atoms with van der Waals surface area (Å²) in [6.07, 6.45) is 4.66. The third-order valence-electron chi connectivity index (χ3n) is 2.27. The molecule has 2 heterocycles. The van der Waals surface area contributed by atoms with Crippen molar-refractivity contribution in [2.45, 2.75) is 12.1 Å². The molecule has 0 aromatic carbocycles. The molecule has 0 saturated carbocycles. The Hall–Kier alpha value is -1.99. The lowest BCUT2D eigenvalue weighted by molar-refractivity contribution is -0.141. The summed E-state index contributed by atoms with van der Waals surface area (Å²) < 4.78 is 1.54. The lowest BCUT2D eigenvalue weighted by atomic mass is 10.1. The molecule has 0 fully saturated rings. The van der Waals surface area contributed by atoms with Gasteiger partial charge in [-0.05, 0) is 0 Å². The van der Waals surface area contributed by atoms with E-state index in [1.165, 1.54) is 18.6 Å². The first-order chi connectivity index (χ1) is 7.61. The van der Waals surface area contributed by atoms with Crippen LogP contribution in [0.2, 0.25) is 0 Å². The molecule has 0 aliphatic rings. The standard InChI is InChI=1S/C9H10N4O3/c10-7(9(15)16)8(14)5-3-12-6-4-11-1-2-13(5)6/h1-4,7-8,14H,10H2,(H,15,16). The summed E-state index contributed by atoms with van der Waals surface area (Å²) in [4.78, 5) is 18.5. The molecular weight excluding hydrogens is 212 g/mol. The van der Waals surface area contributed by atoms with E-state index in [4.69, 9.17) is 10.8 Å². The highest BCUT2D eigenvalue weighted by atomic mass is 16.4. The van der Waals surface area contributed by atoms with Crippen LogP contribution >= 0.6 is 0 Å². The molecule has 2 rings (SSSR count). The van der Waals surface area contributed by atoms with Crippen LogP contribution < -0.4 is 5.73 Å². The summed E-state index contributed by atoms with van der Waals surface area (Å²) in [5, 5.41) is 18.5. The molecule has 0 radical (unpaired) electrons. The summed E-state index contributed by atoms with van der Waals surface area (Å²) in [5.41, 5.74) is 6.18. The number of rotatable bonds is 3. The van der Waals surface area contributed by atoms with E-state index in [2.05, 4.69) is 9.97 Å². The number of fused-ring (bicyclic) bond motifs is 1. The van der Waals surface area contributed by atoms with Crippen molar-refractivity contribution in [2.75, 3.05) is 0 Å². The van der Waals surface area contributed by atoms with Crippen LogP contribution in [-0.2, 0) is 4.79 Å². The first kappa shape index (κ1) is 10.5. The summed E-state index contributed by atoms with van der Waals surface area (Å²) in [6, 6.07) is -1.38. The van der Waals surface area contributed by atoms with E-state index in [-0.39, 0.29) is 0 Å². The Morgan fingerprint density at radius 1 is 1.50 bits per heavy atom. The molecule has 0 aliphatic carbocycles. The first-order valence-corrected chi connectivity index (χ1v) is 4.54. The van der Waals surface area contributed by atoms with E-state index in [1.54, 1.807) is 10.6 Å². The minimum absolute atomic E-state index is 0.326. The van der Waals surface area contributed by atoms with Gasteiger partial charge in [-0.3, -0.25) is 14.2 Å². The highest BCUT2D eigenvalue weighted by molar-refractivity contribution is 5.74. The number of hydrogen-bond donors (Lipinski definition) is 3.